The van der Waals surface area contributed by atoms with E-state index in [9.17, 15) is 0 Å². The second kappa shape index (κ2) is 3.75. The molecule has 0 unspecified atom stereocenters. The van der Waals surface area contributed by atoms with Gasteiger partial charge in [0.25, 0.3) is 0 Å². The molecular formula is C12H9ClN4. The second-order valence-corrected chi connectivity index (χ2v) is 4.05. The highest BCUT2D eigenvalue weighted by Gasteiger charge is 2.12. The molecule has 0 saturated carbocycles. The SMILES string of the molecule is Nc1ccc(Cl)n2c(-c3ccccc3)nnc12. The van der Waals surface area contributed by atoms with Crippen molar-refractivity contribution in [3.63, 3.8) is 0 Å². The first-order chi connectivity index (χ1) is 8.27. The van der Waals surface area contributed by atoms with Gasteiger partial charge in [0.15, 0.2) is 11.5 Å². The molecule has 5 heteroatoms. The summed E-state index contributed by atoms with van der Waals surface area (Å²) in [6, 6.07) is 13.2. The van der Waals surface area contributed by atoms with E-state index in [0.29, 0.717) is 22.3 Å². The Hall–Kier alpha value is -2.07. The molecule has 0 bridgehead atoms. The molecule has 17 heavy (non-hydrogen) atoms. The van der Waals surface area contributed by atoms with Crippen LogP contribution in [0.3, 0.4) is 0 Å². The average Bonchev–Trinajstić information content (AvgIpc) is 2.81. The van der Waals surface area contributed by atoms with Crippen LogP contribution in [0.4, 0.5) is 5.69 Å². The smallest absolute Gasteiger partial charge is 0.185 e. The highest BCUT2D eigenvalue weighted by molar-refractivity contribution is 6.30. The third-order valence-electron chi connectivity index (χ3n) is 2.57. The van der Waals surface area contributed by atoms with Crippen molar-refractivity contribution in [3.8, 4) is 11.4 Å². The number of pyridine rings is 1. The van der Waals surface area contributed by atoms with E-state index in [4.69, 9.17) is 17.3 Å². The van der Waals surface area contributed by atoms with E-state index in [1.807, 2.05) is 30.3 Å². The summed E-state index contributed by atoms with van der Waals surface area (Å²) < 4.78 is 1.74. The molecule has 0 aliphatic carbocycles. The first-order valence-corrected chi connectivity index (χ1v) is 5.50. The van der Waals surface area contributed by atoms with Gasteiger partial charge in [-0.25, -0.2) is 0 Å². The second-order valence-electron chi connectivity index (χ2n) is 3.66. The van der Waals surface area contributed by atoms with Crippen LogP contribution in [-0.4, -0.2) is 14.6 Å². The molecule has 0 saturated heterocycles. The molecule has 1 aromatic carbocycles. The number of hydrogen-bond donors (Lipinski definition) is 1. The monoisotopic (exact) mass is 244 g/mol. The molecule has 2 aromatic heterocycles. The van der Waals surface area contributed by atoms with E-state index in [1.165, 1.54) is 0 Å². The van der Waals surface area contributed by atoms with E-state index in [2.05, 4.69) is 10.2 Å². The van der Waals surface area contributed by atoms with Crippen LogP contribution < -0.4 is 5.73 Å². The summed E-state index contributed by atoms with van der Waals surface area (Å²) in [6.07, 6.45) is 0. The minimum Gasteiger partial charge on any atom is -0.396 e. The normalized spacial score (nSPS) is 10.9. The lowest BCUT2D eigenvalue weighted by atomic mass is 10.2. The van der Waals surface area contributed by atoms with Gasteiger partial charge in [-0.2, -0.15) is 0 Å². The largest absolute Gasteiger partial charge is 0.396 e. The number of hydrogen-bond acceptors (Lipinski definition) is 3. The van der Waals surface area contributed by atoms with E-state index in [0.717, 1.165) is 5.56 Å². The summed E-state index contributed by atoms with van der Waals surface area (Å²) in [5.41, 5.74) is 7.93. The predicted molar refractivity (Wildman–Crippen MR) is 67.8 cm³/mol. The minimum absolute atomic E-state index is 0.540. The van der Waals surface area contributed by atoms with Crippen LogP contribution in [0, 0.1) is 0 Å². The molecule has 0 fully saturated rings. The molecule has 3 rings (SSSR count). The molecule has 0 atom stereocenters. The maximum Gasteiger partial charge on any atom is 0.185 e. The van der Waals surface area contributed by atoms with Gasteiger partial charge >= 0.3 is 0 Å². The van der Waals surface area contributed by atoms with Gasteiger partial charge < -0.3 is 5.73 Å². The fraction of sp³-hybridized carbons (Fsp3) is 0. The lowest BCUT2D eigenvalue weighted by Crippen LogP contribution is -1.95. The van der Waals surface area contributed by atoms with Gasteiger partial charge in [0.2, 0.25) is 0 Å². The number of aromatic nitrogens is 3. The van der Waals surface area contributed by atoms with Crippen molar-refractivity contribution in [1.82, 2.24) is 14.6 Å². The topological polar surface area (TPSA) is 56.2 Å². The number of nitrogens with two attached hydrogens (primary N) is 1. The van der Waals surface area contributed by atoms with Crippen molar-refractivity contribution in [2.45, 2.75) is 0 Å². The summed E-state index contributed by atoms with van der Waals surface area (Å²) in [7, 11) is 0. The zero-order chi connectivity index (χ0) is 11.8. The number of anilines is 1. The van der Waals surface area contributed by atoms with Crippen molar-refractivity contribution in [2.75, 3.05) is 5.73 Å². The summed E-state index contributed by atoms with van der Waals surface area (Å²) >= 11 is 6.15. The Balaban J connectivity index is 2.36. The van der Waals surface area contributed by atoms with Gasteiger partial charge in [0.05, 0.1) is 5.69 Å². The lowest BCUT2D eigenvalue weighted by Gasteiger charge is -2.03. The Kier molecular flexibility index (Phi) is 2.23. The molecule has 3 aromatic rings. The number of rotatable bonds is 1. The third-order valence-corrected chi connectivity index (χ3v) is 2.86. The first-order valence-electron chi connectivity index (χ1n) is 5.12. The molecule has 84 valence electrons. The predicted octanol–water partition coefficient (Wildman–Crippen LogP) is 2.63. The number of halogens is 1. The maximum atomic E-state index is 6.15. The van der Waals surface area contributed by atoms with Crippen LogP contribution in [0.2, 0.25) is 5.15 Å². The molecule has 0 aliphatic rings. The Labute approximate surface area is 103 Å². The average molecular weight is 245 g/mol. The molecule has 0 spiro atoms. The van der Waals surface area contributed by atoms with Gasteiger partial charge in [-0.05, 0) is 12.1 Å². The number of benzene rings is 1. The van der Waals surface area contributed by atoms with E-state index >= 15 is 0 Å². The Bertz CT molecular complexity index is 676. The Morgan fingerprint density at radius 3 is 2.53 bits per heavy atom. The molecule has 2 N–H and O–H groups in total. The quantitative estimate of drug-likeness (QED) is 0.670. The van der Waals surface area contributed by atoms with Gasteiger partial charge in [-0.15, -0.1) is 10.2 Å². The van der Waals surface area contributed by atoms with Crippen molar-refractivity contribution >= 4 is 22.9 Å². The molecule has 0 aliphatic heterocycles. The maximum absolute atomic E-state index is 6.15. The van der Waals surface area contributed by atoms with Gasteiger partial charge in [-0.3, -0.25) is 4.40 Å². The summed E-state index contributed by atoms with van der Waals surface area (Å²) in [6.45, 7) is 0. The molecule has 0 radical (unpaired) electrons. The van der Waals surface area contributed by atoms with Gasteiger partial charge in [-0.1, -0.05) is 41.9 Å². The van der Waals surface area contributed by atoms with Crippen LogP contribution in [0.15, 0.2) is 42.5 Å². The number of fused-ring (bicyclic) bond motifs is 1. The van der Waals surface area contributed by atoms with Crippen molar-refractivity contribution in [3.05, 3.63) is 47.6 Å². The zero-order valence-electron chi connectivity index (χ0n) is 8.84. The van der Waals surface area contributed by atoms with Crippen molar-refractivity contribution in [1.29, 1.82) is 0 Å². The molecule has 0 amide bonds. The van der Waals surface area contributed by atoms with E-state index in [1.54, 1.807) is 16.5 Å². The zero-order valence-corrected chi connectivity index (χ0v) is 9.59. The van der Waals surface area contributed by atoms with Gasteiger partial charge in [0, 0.05) is 5.56 Å². The summed E-state index contributed by atoms with van der Waals surface area (Å²) in [5, 5.41) is 8.73. The Morgan fingerprint density at radius 2 is 1.76 bits per heavy atom. The van der Waals surface area contributed by atoms with Crippen LogP contribution in [0.1, 0.15) is 0 Å². The highest BCUT2D eigenvalue weighted by atomic mass is 35.5. The highest BCUT2D eigenvalue weighted by Crippen LogP contribution is 2.24. The van der Waals surface area contributed by atoms with Crippen LogP contribution in [0.25, 0.3) is 17.0 Å². The fourth-order valence-electron chi connectivity index (χ4n) is 1.76. The lowest BCUT2D eigenvalue weighted by molar-refractivity contribution is 1.11. The van der Waals surface area contributed by atoms with Crippen LogP contribution in [0.5, 0.6) is 0 Å². The number of nitrogen functional groups attached to an aromatic ring is 1. The van der Waals surface area contributed by atoms with Crippen molar-refractivity contribution < 1.29 is 0 Å². The summed E-state index contributed by atoms with van der Waals surface area (Å²) in [4.78, 5) is 0. The Morgan fingerprint density at radius 1 is 1.00 bits per heavy atom. The number of nitrogens with zero attached hydrogens (tertiary/aromatic N) is 3. The summed E-state index contributed by atoms with van der Waals surface area (Å²) in [5.74, 6) is 0.693. The molecule has 4 nitrogen and oxygen atoms in total. The van der Waals surface area contributed by atoms with E-state index < -0.39 is 0 Å². The van der Waals surface area contributed by atoms with Crippen molar-refractivity contribution in [2.24, 2.45) is 0 Å². The molecule has 2 heterocycles. The standard InChI is InChI=1S/C12H9ClN4/c13-10-7-6-9(14)12-16-15-11(17(10)12)8-4-2-1-3-5-8/h1-7H,14H2. The first kappa shape index (κ1) is 10.1. The van der Waals surface area contributed by atoms with Crippen LogP contribution in [-0.2, 0) is 0 Å². The van der Waals surface area contributed by atoms with Gasteiger partial charge in [0.1, 0.15) is 5.15 Å². The van der Waals surface area contributed by atoms with E-state index in [-0.39, 0.29) is 0 Å². The fourth-order valence-corrected chi connectivity index (χ4v) is 1.98. The molecular weight excluding hydrogens is 236 g/mol. The third kappa shape index (κ3) is 1.54. The van der Waals surface area contributed by atoms with Crippen LogP contribution >= 0.6 is 11.6 Å². The minimum atomic E-state index is 0.540.